The van der Waals surface area contributed by atoms with Crippen molar-refractivity contribution in [2.75, 3.05) is 0 Å². The minimum atomic E-state index is -4.58. The normalized spacial score (nSPS) is 13.1. The van der Waals surface area contributed by atoms with Gasteiger partial charge in [0.15, 0.2) is 5.16 Å². The number of carbonyl (C=O) groups excluding carboxylic acids is 1. The van der Waals surface area contributed by atoms with E-state index in [1.165, 1.54) is 13.3 Å². The molecule has 1 N–H and O–H groups in total. The highest BCUT2D eigenvalue weighted by molar-refractivity contribution is 8.00. The van der Waals surface area contributed by atoms with E-state index >= 15 is 0 Å². The SMILES string of the molecule is C[C@@H](Sc1nnc(C(F)(F)F)n1C)C(=O)NCc1ccco1. The van der Waals surface area contributed by atoms with Crippen LogP contribution in [-0.4, -0.2) is 25.9 Å². The van der Waals surface area contributed by atoms with Crippen LogP contribution >= 0.6 is 11.8 Å². The largest absolute Gasteiger partial charge is 0.467 e. The summed E-state index contributed by atoms with van der Waals surface area (Å²) in [5.41, 5.74) is 0. The van der Waals surface area contributed by atoms with Crippen LogP contribution in [0, 0.1) is 0 Å². The lowest BCUT2D eigenvalue weighted by molar-refractivity contribution is -0.147. The number of hydrogen-bond donors (Lipinski definition) is 1. The zero-order valence-electron chi connectivity index (χ0n) is 11.7. The van der Waals surface area contributed by atoms with E-state index in [9.17, 15) is 18.0 Å². The molecule has 6 nitrogen and oxygen atoms in total. The van der Waals surface area contributed by atoms with Gasteiger partial charge in [0.25, 0.3) is 0 Å². The van der Waals surface area contributed by atoms with Gasteiger partial charge in [-0.15, -0.1) is 10.2 Å². The Balaban J connectivity index is 1.95. The average Bonchev–Trinajstić information content (AvgIpc) is 3.06. The van der Waals surface area contributed by atoms with Crippen molar-refractivity contribution in [3.63, 3.8) is 0 Å². The molecule has 22 heavy (non-hydrogen) atoms. The molecule has 1 atom stereocenters. The molecule has 120 valence electrons. The Morgan fingerprint density at radius 2 is 2.23 bits per heavy atom. The smallest absolute Gasteiger partial charge is 0.451 e. The zero-order valence-corrected chi connectivity index (χ0v) is 12.5. The summed E-state index contributed by atoms with van der Waals surface area (Å²) >= 11 is 0.899. The van der Waals surface area contributed by atoms with Crippen LogP contribution < -0.4 is 5.32 Å². The second kappa shape index (κ2) is 6.42. The van der Waals surface area contributed by atoms with Crippen molar-refractivity contribution in [1.29, 1.82) is 0 Å². The van der Waals surface area contributed by atoms with Crippen LogP contribution in [0.5, 0.6) is 0 Å². The van der Waals surface area contributed by atoms with Crippen LogP contribution in [0.2, 0.25) is 0 Å². The van der Waals surface area contributed by atoms with Gasteiger partial charge in [-0.05, 0) is 19.1 Å². The van der Waals surface area contributed by atoms with Crippen molar-refractivity contribution < 1.29 is 22.4 Å². The number of carbonyl (C=O) groups is 1. The van der Waals surface area contributed by atoms with E-state index < -0.39 is 17.3 Å². The van der Waals surface area contributed by atoms with Crippen molar-refractivity contribution in [2.24, 2.45) is 7.05 Å². The van der Waals surface area contributed by atoms with E-state index in [0.29, 0.717) is 5.76 Å². The highest BCUT2D eigenvalue weighted by atomic mass is 32.2. The molecule has 2 heterocycles. The van der Waals surface area contributed by atoms with Crippen molar-refractivity contribution >= 4 is 17.7 Å². The van der Waals surface area contributed by atoms with Crippen LogP contribution in [0.4, 0.5) is 13.2 Å². The summed E-state index contributed by atoms with van der Waals surface area (Å²) < 4.78 is 43.7. The Labute approximate surface area is 128 Å². The van der Waals surface area contributed by atoms with Gasteiger partial charge >= 0.3 is 6.18 Å². The minimum Gasteiger partial charge on any atom is -0.467 e. The third-order valence-corrected chi connectivity index (χ3v) is 3.89. The highest BCUT2D eigenvalue weighted by Gasteiger charge is 2.37. The maximum Gasteiger partial charge on any atom is 0.451 e. The number of amides is 1. The lowest BCUT2D eigenvalue weighted by atomic mass is 10.4. The number of alkyl halides is 3. The van der Waals surface area contributed by atoms with E-state index in [4.69, 9.17) is 4.42 Å². The first-order valence-electron chi connectivity index (χ1n) is 6.22. The second-order valence-corrected chi connectivity index (χ2v) is 5.73. The summed E-state index contributed by atoms with van der Waals surface area (Å²) in [6, 6.07) is 3.40. The molecule has 0 unspecified atom stereocenters. The molecule has 2 aromatic heterocycles. The molecule has 0 fully saturated rings. The third kappa shape index (κ3) is 3.81. The van der Waals surface area contributed by atoms with Crippen LogP contribution in [0.3, 0.4) is 0 Å². The van der Waals surface area contributed by atoms with Gasteiger partial charge in [0.1, 0.15) is 5.76 Å². The second-order valence-electron chi connectivity index (χ2n) is 4.42. The maximum absolute atomic E-state index is 12.6. The predicted molar refractivity (Wildman–Crippen MR) is 71.9 cm³/mol. The molecule has 0 saturated carbocycles. The predicted octanol–water partition coefficient (Wildman–Crippen LogP) is 2.22. The Morgan fingerprint density at radius 1 is 1.50 bits per heavy atom. The van der Waals surface area contributed by atoms with Crippen molar-refractivity contribution in [2.45, 2.75) is 30.1 Å². The average molecular weight is 334 g/mol. The first-order chi connectivity index (χ1) is 10.3. The van der Waals surface area contributed by atoms with E-state index in [1.54, 1.807) is 19.1 Å². The number of furan rings is 1. The van der Waals surface area contributed by atoms with Crippen molar-refractivity contribution in [3.05, 3.63) is 30.0 Å². The van der Waals surface area contributed by atoms with E-state index in [2.05, 4.69) is 15.5 Å². The molecular weight excluding hydrogens is 321 g/mol. The highest BCUT2D eigenvalue weighted by Crippen LogP contribution is 2.30. The summed E-state index contributed by atoms with van der Waals surface area (Å²) in [6.07, 6.45) is -3.09. The Bertz CT molecular complexity index is 639. The molecule has 2 aromatic rings. The number of halogens is 3. The Hall–Kier alpha value is -1.97. The Kier molecular flexibility index (Phi) is 4.79. The van der Waals surface area contributed by atoms with Gasteiger partial charge in [-0.1, -0.05) is 11.8 Å². The van der Waals surface area contributed by atoms with E-state index in [1.807, 2.05) is 0 Å². The van der Waals surface area contributed by atoms with Crippen molar-refractivity contribution in [1.82, 2.24) is 20.1 Å². The molecule has 0 saturated heterocycles. The first kappa shape index (κ1) is 16.4. The number of aromatic nitrogens is 3. The van der Waals surface area contributed by atoms with Crippen LogP contribution in [-0.2, 0) is 24.6 Å². The van der Waals surface area contributed by atoms with Crippen LogP contribution in [0.1, 0.15) is 18.5 Å². The number of thioether (sulfide) groups is 1. The molecule has 0 aliphatic carbocycles. The Morgan fingerprint density at radius 3 is 2.77 bits per heavy atom. The topological polar surface area (TPSA) is 73.0 Å². The van der Waals surface area contributed by atoms with Gasteiger partial charge in [-0.2, -0.15) is 13.2 Å². The maximum atomic E-state index is 12.6. The number of hydrogen-bond acceptors (Lipinski definition) is 5. The fraction of sp³-hybridized carbons (Fsp3) is 0.417. The lowest BCUT2D eigenvalue weighted by Gasteiger charge is -2.11. The summed E-state index contributed by atoms with van der Waals surface area (Å²) in [4.78, 5) is 11.9. The third-order valence-electron chi connectivity index (χ3n) is 2.76. The van der Waals surface area contributed by atoms with Crippen molar-refractivity contribution in [3.8, 4) is 0 Å². The molecule has 1 amide bonds. The molecule has 0 aliphatic rings. The molecule has 0 bridgehead atoms. The first-order valence-corrected chi connectivity index (χ1v) is 7.10. The summed E-state index contributed by atoms with van der Waals surface area (Å²) in [7, 11) is 1.21. The summed E-state index contributed by atoms with van der Waals surface area (Å²) in [5.74, 6) is -0.847. The van der Waals surface area contributed by atoms with Gasteiger partial charge in [0.05, 0.1) is 18.1 Å². The monoisotopic (exact) mass is 334 g/mol. The molecule has 10 heteroatoms. The van der Waals surface area contributed by atoms with Crippen LogP contribution in [0.15, 0.2) is 28.0 Å². The molecule has 0 radical (unpaired) electrons. The minimum absolute atomic E-state index is 0.0213. The quantitative estimate of drug-likeness (QED) is 0.849. The van der Waals surface area contributed by atoms with E-state index in [-0.39, 0.29) is 17.6 Å². The fourth-order valence-corrected chi connectivity index (χ4v) is 2.45. The molecule has 0 aromatic carbocycles. The molecule has 0 aliphatic heterocycles. The van der Waals surface area contributed by atoms with Gasteiger partial charge in [0.2, 0.25) is 11.7 Å². The van der Waals surface area contributed by atoms with Gasteiger partial charge in [-0.25, -0.2) is 0 Å². The van der Waals surface area contributed by atoms with Gasteiger partial charge < -0.3 is 14.3 Å². The zero-order chi connectivity index (χ0) is 16.3. The number of nitrogens with one attached hydrogen (secondary N) is 1. The fourth-order valence-electron chi connectivity index (χ4n) is 1.61. The van der Waals surface area contributed by atoms with Gasteiger partial charge in [-0.3, -0.25) is 4.79 Å². The van der Waals surface area contributed by atoms with Gasteiger partial charge in [0, 0.05) is 7.05 Å². The summed E-state index contributed by atoms with van der Waals surface area (Å²) in [6.45, 7) is 1.79. The standard InChI is InChI=1S/C12H13F3N4O2S/c1-7(9(20)16-6-8-4-3-5-21-8)22-11-18-17-10(19(11)2)12(13,14)15/h3-5,7H,6H2,1-2H3,(H,16,20)/t7-/m1/s1. The molecular formula is C12H13F3N4O2S. The molecule has 2 rings (SSSR count). The molecule has 0 spiro atoms. The lowest BCUT2D eigenvalue weighted by Crippen LogP contribution is -2.30. The number of nitrogens with zero attached hydrogens (tertiary/aromatic N) is 3. The summed E-state index contributed by atoms with van der Waals surface area (Å²) in [5, 5.41) is 8.60. The number of rotatable bonds is 5. The van der Waals surface area contributed by atoms with Crippen LogP contribution in [0.25, 0.3) is 0 Å². The van der Waals surface area contributed by atoms with E-state index in [0.717, 1.165) is 16.3 Å².